The summed E-state index contributed by atoms with van der Waals surface area (Å²) in [4.78, 5) is 12.5. The lowest BCUT2D eigenvalue weighted by molar-refractivity contribution is 0.0601. The number of carbonyl (C=O) groups excluding carboxylic acids is 1. The minimum absolute atomic E-state index is 0.400. The number of hydrogen-bond acceptors (Lipinski definition) is 4. The van der Waals surface area contributed by atoms with Crippen LogP contribution in [0.15, 0.2) is 66.7 Å². The van der Waals surface area contributed by atoms with E-state index in [9.17, 15) is 4.79 Å². The summed E-state index contributed by atoms with van der Waals surface area (Å²) >= 11 is 0. The van der Waals surface area contributed by atoms with Gasteiger partial charge >= 0.3 is 5.97 Å². The zero-order valence-corrected chi connectivity index (χ0v) is 15.0. The summed E-state index contributed by atoms with van der Waals surface area (Å²) in [7, 11) is 4.62. The molecule has 3 rings (SSSR count). The molecular formula is C22H20O4. The lowest BCUT2D eigenvalue weighted by atomic mass is 9.94. The number of hydrogen-bond donors (Lipinski definition) is 0. The Hall–Kier alpha value is -3.27. The van der Waals surface area contributed by atoms with Crippen LogP contribution in [0.5, 0.6) is 11.5 Å². The normalized spacial score (nSPS) is 10.3. The molecule has 26 heavy (non-hydrogen) atoms. The first-order valence-electron chi connectivity index (χ1n) is 8.18. The second-order valence-electron chi connectivity index (χ2n) is 5.65. The summed E-state index contributed by atoms with van der Waals surface area (Å²) in [5.41, 5.74) is 3.85. The van der Waals surface area contributed by atoms with Crippen LogP contribution in [0, 0.1) is 0 Å². The van der Waals surface area contributed by atoms with Crippen molar-refractivity contribution in [3.05, 3.63) is 72.3 Å². The van der Waals surface area contributed by atoms with Crippen molar-refractivity contribution in [2.45, 2.75) is 0 Å². The maximum atomic E-state index is 12.5. The molecule has 0 heterocycles. The monoisotopic (exact) mass is 348 g/mol. The topological polar surface area (TPSA) is 44.8 Å². The van der Waals surface area contributed by atoms with Crippen molar-refractivity contribution < 1.29 is 19.0 Å². The molecule has 0 saturated carbocycles. The third-order valence-corrected chi connectivity index (χ3v) is 4.24. The van der Waals surface area contributed by atoms with Gasteiger partial charge in [-0.25, -0.2) is 4.79 Å². The second kappa shape index (κ2) is 7.74. The predicted octanol–water partition coefficient (Wildman–Crippen LogP) is 4.82. The zero-order chi connectivity index (χ0) is 18.5. The smallest absolute Gasteiger partial charge is 0.338 e. The molecule has 4 nitrogen and oxygen atoms in total. The van der Waals surface area contributed by atoms with Gasteiger partial charge in [-0.3, -0.25) is 0 Å². The minimum atomic E-state index is -0.400. The molecule has 0 spiro atoms. The molecule has 0 bridgehead atoms. The summed E-state index contributed by atoms with van der Waals surface area (Å²) in [5, 5.41) is 0. The molecule has 0 radical (unpaired) electrons. The van der Waals surface area contributed by atoms with E-state index in [1.807, 2.05) is 66.7 Å². The Morgan fingerprint density at radius 3 is 1.88 bits per heavy atom. The molecule has 0 unspecified atom stereocenters. The Balaban J connectivity index is 2.20. The fourth-order valence-electron chi connectivity index (χ4n) is 2.98. The fourth-order valence-corrected chi connectivity index (χ4v) is 2.98. The van der Waals surface area contributed by atoms with E-state index in [-0.39, 0.29) is 0 Å². The fraction of sp³-hybridized carbons (Fsp3) is 0.136. The van der Waals surface area contributed by atoms with E-state index in [0.717, 1.165) is 28.0 Å². The first-order valence-corrected chi connectivity index (χ1v) is 8.18. The van der Waals surface area contributed by atoms with Gasteiger partial charge in [-0.1, -0.05) is 48.5 Å². The van der Waals surface area contributed by atoms with Crippen LogP contribution in [0.2, 0.25) is 0 Å². The van der Waals surface area contributed by atoms with Gasteiger partial charge in [0, 0.05) is 11.1 Å². The maximum Gasteiger partial charge on any atom is 0.338 e. The molecule has 0 aromatic heterocycles. The van der Waals surface area contributed by atoms with Gasteiger partial charge in [-0.2, -0.15) is 0 Å². The quantitative estimate of drug-likeness (QED) is 0.620. The average Bonchev–Trinajstić information content (AvgIpc) is 2.72. The highest BCUT2D eigenvalue weighted by molar-refractivity contribution is 5.99. The van der Waals surface area contributed by atoms with E-state index in [1.165, 1.54) is 7.11 Å². The van der Waals surface area contributed by atoms with Crippen LogP contribution < -0.4 is 9.47 Å². The minimum Gasteiger partial charge on any atom is -0.496 e. The maximum absolute atomic E-state index is 12.5. The molecule has 0 atom stereocenters. The number of esters is 1. The van der Waals surface area contributed by atoms with Crippen LogP contribution in [-0.2, 0) is 4.74 Å². The largest absolute Gasteiger partial charge is 0.496 e. The predicted molar refractivity (Wildman–Crippen MR) is 102 cm³/mol. The van der Waals surface area contributed by atoms with Gasteiger partial charge in [0.1, 0.15) is 11.5 Å². The molecular weight excluding hydrogens is 328 g/mol. The van der Waals surface area contributed by atoms with Crippen molar-refractivity contribution in [2.75, 3.05) is 21.3 Å². The van der Waals surface area contributed by atoms with Gasteiger partial charge < -0.3 is 14.2 Å². The lowest BCUT2D eigenvalue weighted by Crippen LogP contribution is -2.04. The van der Waals surface area contributed by atoms with E-state index in [1.54, 1.807) is 14.2 Å². The molecule has 0 amide bonds. The zero-order valence-electron chi connectivity index (χ0n) is 15.0. The highest BCUT2D eigenvalue weighted by atomic mass is 16.5. The number of benzene rings is 3. The van der Waals surface area contributed by atoms with E-state index < -0.39 is 5.97 Å². The molecule has 3 aromatic carbocycles. The Morgan fingerprint density at radius 1 is 0.692 bits per heavy atom. The van der Waals surface area contributed by atoms with Crippen LogP contribution in [0.3, 0.4) is 0 Å². The van der Waals surface area contributed by atoms with Crippen molar-refractivity contribution in [1.29, 1.82) is 0 Å². The van der Waals surface area contributed by atoms with E-state index in [0.29, 0.717) is 11.3 Å². The Bertz CT molecular complexity index is 931. The van der Waals surface area contributed by atoms with Gasteiger partial charge in [0.25, 0.3) is 0 Å². The van der Waals surface area contributed by atoms with Gasteiger partial charge in [-0.05, 0) is 29.3 Å². The summed E-state index contributed by atoms with van der Waals surface area (Å²) < 4.78 is 15.9. The van der Waals surface area contributed by atoms with Crippen LogP contribution in [0.1, 0.15) is 10.4 Å². The van der Waals surface area contributed by atoms with Gasteiger partial charge in [-0.15, -0.1) is 0 Å². The van der Waals surface area contributed by atoms with Crippen molar-refractivity contribution >= 4 is 5.97 Å². The van der Waals surface area contributed by atoms with E-state index >= 15 is 0 Å². The molecule has 0 fully saturated rings. The first-order chi connectivity index (χ1) is 12.7. The van der Waals surface area contributed by atoms with Crippen molar-refractivity contribution in [1.82, 2.24) is 0 Å². The van der Waals surface area contributed by atoms with Crippen molar-refractivity contribution in [2.24, 2.45) is 0 Å². The molecule has 0 aliphatic heterocycles. The van der Waals surface area contributed by atoms with Crippen LogP contribution >= 0.6 is 0 Å². The SMILES string of the molecule is COC(=O)c1cc(-c2ccccc2OC)ccc1-c1ccccc1OC. The van der Waals surface area contributed by atoms with Gasteiger partial charge in [0.2, 0.25) is 0 Å². The number of para-hydroxylation sites is 2. The summed E-state index contributed by atoms with van der Waals surface area (Å²) in [6.07, 6.45) is 0. The van der Waals surface area contributed by atoms with Crippen LogP contribution in [-0.4, -0.2) is 27.3 Å². The van der Waals surface area contributed by atoms with E-state index in [2.05, 4.69) is 0 Å². The summed E-state index contributed by atoms with van der Waals surface area (Å²) in [6.45, 7) is 0. The first kappa shape index (κ1) is 17.5. The Labute approximate surface area is 153 Å². The average molecular weight is 348 g/mol. The van der Waals surface area contributed by atoms with Crippen molar-refractivity contribution in [3.63, 3.8) is 0 Å². The molecule has 0 aliphatic rings. The third kappa shape index (κ3) is 3.26. The van der Waals surface area contributed by atoms with Crippen molar-refractivity contribution in [3.8, 4) is 33.8 Å². The Kier molecular flexibility index (Phi) is 5.23. The second-order valence-corrected chi connectivity index (χ2v) is 5.65. The highest BCUT2D eigenvalue weighted by Crippen LogP contribution is 2.36. The van der Waals surface area contributed by atoms with Crippen LogP contribution in [0.4, 0.5) is 0 Å². The summed E-state index contributed by atoms with van der Waals surface area (Å²) in [6, 6.07) is 21.0. The molecule has 4 heteroatoms. The number of methoxy groups -OCH3 is 3. The third-order valence-electron chi connectivity index (χ3n) is 4.24. The molecule has 0 saturated heterocycles. The highest BCUT2D eigenvalue weighted by Gasteiger charge is 2.18. The molecule has 3 aromatic rings. The van der Waals surface area contributed by atoms with Crippen LogP contribution in [0.25, 0.3) is 22.3 Å². The summed E-state index contributed by atoms with van der Waals surface area (Å²) in [5.74, 6) is 1.04. The number of carbonyl (C=O) groups is 1. The van der Waals surface area contributed by atoms with Gasteiger partial charge in [0.15, 0.2) is 0 Å². The number of ether oxygens (including phenoxy) is 3. The molecule has 132 valence electrons. The van der Waals surface area contributed by atoms with Gasteiger partial charge in [0.05, 0.1) is 26.9 Å². The molecule has 0 aliphatic carbocycles. The molecule has 0 N–H and O–H groups in total. The lowest BCUT2D eigenvalue weighted by Gasteiger charge is -2.14. The Morgan fingerprint density at radius 2 is 1.27 bits per heavy atom. The number of rotatable bonds is 5. The standard InChI is InChI=1S/C22H20O4/c1-24-20-10-6-4-8-16(20)15-12-13-17(19(14-15)22(23)26-3)18-9-5-7-11-21(18)25-2/h4-14H,1-3H3. The van der Waals surface area contributed by atoms with E-state index in [4.69, 9.17) is 14.2 Å².